The monoisotopic (exact) mass is 806 g/mol. The Balaban J connectivity index is 0.973. The molecular weight excluding hydrogens is 765 g/mol. The van der Waals surface area contributed by atoms with Crippen LogP contribution in [0.2, 0.25) is 0 Å². The number of hydrogen-bond donors (Lipinski definition) is 3. The number of methoxy groups -OCH3 is 2. The van der Waals surface area contributed by atoms with E-state index < -0.39 is 11.9 Å². The van der Waals surface area contributed by atoms with Crippen LogP contribution in [-0.2, 0) is 35.6 Å². The minimum absolute atomic E-state index is 0.0300. The molecule has 3 atom stereocenters. The smallest absolute Gasteiger partial charge is 0.261 e. The van der Waals surface area contributed by atoms with Crippen molar-refractivity contribution in [2.75, 3.05) is 41.2 Å². The van der Waals surface area contributed by atoms with Crippen molar-refractivity contribution < 1.29 is 38.1 Å². The Morgan fingerprint density at radius 1 is 0.800 bits per heavy atom. The molecule has 3 N–H and O–H groups in total. The number of para-hydroxylation sites is 2. The van der Waals surface area contributed by atoms with Crippen LogP contribution in [0.5, 0.6) is 23.0 Å². The number of nitrogens with one attached hydrogen (secondary N) is 3. The Morgan fingerprint density at radius 3 is 2.10 bits per heavy atom. The molecule has 5 aromatic rings. The van der Waals surface area contributed by atoms with E-state index in [-0.39, 0.29) is 37.1 Å². The minimum atomic E-state index is -0.790. The van der Waals surface area contributed by atoms with E-state index >= 15 is 0 Å². The topological polar surface area (TPSA) is 160 Å². The number of nitrogens with zero attached hydrogens (tertiary/aromatic N) is 3. The predicted molar refractivity (Wildman–Crippen MR) is 227 cm³/mol. The van der Waals surface area contributed by atoms with Crippen LogP contribution in [0.15, 0.2) is 96.0 Å². The van der Waals surface area contributed by atoms with Crippen LogP contribution in [0.25, 0.3) is 0 Å². The lowest BCUT2D eigenvalue weighted by atomic mass is 10.1. The number of ether oxygens (including phenoxy) is 4. The molecule has 0 saturated heterocycles. The number of aliphatic imine (C=N–C) groups is 1. The van der Waals surface area contributed by atoms with Gasteiger partial charge < -0.3 is 39.8 Å². The van der Waals surface area contributed by atoms with Gasteiger partial charge in [0, 0.05) is 48.4 Å². The zero-order valence-electron chi connectivity index (χ0n) is 33.2. The van der Waals surface area contributed by atoms with Crippen molar-refractivity contribution in [2.45, 2.75) is 51.1 Å². The first-order chi connectivity index (χ1) is 29.2. The molecule has 0 bridgehead atoms. The summed E-state index contributed by atoms with van der Waals surface area (Å²) >= 11 is 0. The lowest BCUT2D eigenvalue weighted by molar-refractivity contribution is -0.120. The maximum absolute atomic E-state index is 14.0. The first-order valence-corrected chi connectivity index (χ1v) is 19.7. The SMILES string of the molecule is COc1cc2c(cc1OCc1cc(COc3cc4c(cc3OC)C(=O)N3c5ccccc5CC3CN4)cc(NC(=O)C(C)NC=O)c1)N=C[C@@H]1Cc3ccccc3N1C2=O. The van der Waals surface area contributed by atoms with Crippen molar-refractivity contribution in [1.29, 1.82) is 0 Å². The highest BCUT2D eigenvalue weighted by Crippen LogP contribution is 2.43. The van der Waals surface area contributed by atoms with Crippen LogP contribution in [0, 0.1) is 0 Å². The number of fused-ring (bicyclic) bond motifs is 8. The molecule has 14 nitrogen and oxygen atoms in total. The summed E-state index contributed by atoms with van der Waals surface area (Å²) in [5.41, 5.74) is 7.81. The van der Waals surface area contributed by atoms with Gasteiger partial charge in [0.25, 0.3) is 11.8 Å². The summed E-state index contributed by atoms with van der Waals surface area (Å²) in [7, 11) is 3.04. The predicted octanol–water partition coefficient (Wildman–Crippen LogP) is 6.22. The van der Waals surface area contributed by atoms with E-state index in [9.17, 15) is 19.2 Å². The third kappa shape index (κ3) is 6.99. The summed E-state index contributed by atoms with van der Waals surface area (Å²) in [6, 6.07) is 27.1. The van der Waals surface area contributed by atoms with Gasteiger partial charge in [0.2, 0.25) is 12.3 Å². The van der Waals surface area contributed by atoms with E-state index in [1.807, 2.05) is 53.4 Å². The molecule has 4 aliphatic heterocycles. The summed E-state index contributed by atoms with van der Waals surface area (Å²) in [4.78, 5) is 60.3. The highest BCUT2D eigenvalue weighted by Gasteiger charge is 2.38. The van der Waals surface area contributed by atoms with E-state index in [0.717, 1.165) is 28.9 Å². The Kier molecular flexibility index (Phi) is 10.0. The number of benzene rings is 5. The summed E-state index contributed by atoms with van der Waals surface area (Å²) in [5.74, 6) is 0.834. The van der Waals surface area contributed by atoms with Gasteiger partial charge in [-0.15, -0.1) is 0 Å². The molecule has 0 aliphatic carbocycles. The molecule has 14 heteroatoms. The van der Waals surface area contributed by atoms with Crippen LogP contribution in [0.1, 0.15) is 49.9 Å². The van der Waals surface area contributed by atoms with Gasteiger partial charge in [-0.3, -0.25) is 29.1 Å². The molecule has 0 radical (unpaired) electrons. The molecule has 9 rings (SSSR count). The highest BCUT2D eigenvalue weighted by molar-refractivity contribution is 6.15. The first kappa shape index (κ1) is 38.2. The Bertz CT molecular complexity index is 2590. The van der Waals surface area contributed by atoms with Gasteiger partial charge in [-0.1, -0.05) is 36.4 Å². The Morgan fingerprint density at radius 2 is 1.42 bits per heavy atom. The second-order valence-corrected chi connectivity index (χ2v) is 15.1. The van der Waals surface area contributed by atoms with Crippen molar-refractivity contribution in [3.63, 3.8) is 0 Å². The molecule has 60 heavy (non-hydrogen) atoms. The Labute approximate surface area is 346 Å². The average molecular weight is 807 g/mol. The largest absolute Gasteiger partial charge is 0.493 e. The fourth-order valence-corrected chi connectivity index (χ4v) is 8.35. The number of anilines is 4. The fourth-order valence-electron chi connectivity index (χ4n) is 8.35. The van der Waals surface area contributed by atoms with E-state index in [0.29, 0.717) is 81.7 Å². The van der Waals surface area contributed by atoms with Crippen LogP contribution in [0.3, 0.4) is 0 Å². The maximum atomic E-state index is 14.0. The van der Waals surface area contributed by atoms with E-state index in [2.05, 4.69) is 22.0 Å². The summed E-state index contributed by atoms with van der Waals surface area (Å²) in [5, 5.41) is 8.81. The fraction of sp³-hybridized carbons (Fsp3) is 0.239. The number of carbonyl (C=O) groups excluding carboxylic acids is 4. The minimum Gasteiger partial charge on any atom is -0.493 e. The zero-order chi connectivity index (χ0) is 41.5. The van der Waals surface area contributed by atoms with Crippen molar-refractivity contribution in [3.05, 3.63) is 124 Å². The molecule has 2 unspecified atom stereocenters. The van der Waals surface area contributed by atoms with Gasteiger partial charge in [0.05, 0.1) is 48.8 Å². The Hall–Kier alpha value is -7.35. The molecule has 5 aromatic carbocycles. The number of amides is 4. The zero-order valence-corrected chi connectivity index (χ0v) is 33.2. The van der Waals surface area contributed by atoms with Crippen LogP contribution < -0.4 is 44.7 Å². The summed E-state index contributed by atoms with van der Waals surface area (Å²) in [6.07, 6.45) is 3.70. The van der Waals surface area contributed by atoms with Crippen molar-refractivity contribution in [1.82, 2.24) is 5.32 Å². The van der Waals surface area contributed by atoms with Gasteiger partial charge in [0.1, 0.15) is 19.3 Å². The first-order valence-electron chi connectivity index (χ1n) is 19.7. The van der Waals surface area contributed by atoms with Gasteiger partial charge in [-0.2, -0.15) is 0 Å². The molecule has 304 valence electrons. The third-order valence-corrected chi connectivity index (χ3v) is 11.3. The second-order valence-electron chi connectivity index (χ2n) is 15.1. The third-order valence-electron chi connectivity index (χ3n) is 11.3. The lowest BCUT2D eigenvalue weighted by Gasteiger charge is -2.22. The average Bonchev–Trinajstić information content (AvgIpc) is 3.75. The normalized spacial score (nSPS) is 17.3. The van der Waals surface area contributed by atoms with Gasteiger partial charge in [-0.25, -0.2) is 0 Å². The number of rotatable bonds is 12. The van der Waals surface area contributed by atoms with Crippen molar-refractivity contribution in [2.24, 2.45) is 4.99 Å². The van der Waals surface area contributed by atoms with Gasteiger partial charge >= 0.3 is 0 Å². The number of hydrogen-bond acceptors (Lipinski definition) is 10. The van der Waals surface area contributed by atoms with Crippen LogP contribution >= 0.6 is 0 Å². The molecule has 0 saturated carbocycles. The number of carbonyl (C=O) groups is 4. The van der Waals surface area contributed by atoms with Crippen molar-refractivity contribution in [3.8, 4) is 23.0 Å². The maximum Gasteiger partial charge on any atom is 0.261 e. The molecule has 4 aliphatic rings. The standard InChI is InChI=1S/C46H42N6O8/c1-26(49-25-53)44(54)50-31-13-27(23-59-42-19-36-34(17-40(42)57-2)45(55)51-32(21-47-36)15-29-8-4-6-10-38(29)51)12-28(14-31)24-60-43-20-37-35(18-41(43)58-3)46(56)52-33(22-48-37)16-30-9-5-7-11-39(30)52/h4-14,17-21,25-26,32-33,48H,15-16,22-24H2,1-3H3,(H,49,53)(H,50,54)/t26?,32-,33?/m0/s1. The molecule has 4 amide bonds. The van der Waals surface area contributed by atoms with Gasteiger partial charge in [0.15, 0.2) is 23.0 Å². The lowest BCUT2D eigenvalue weighted by Crippen LogP contribution is -2.39. The highest BCUT2D eigenvalue weighted by atomic mass is 16.5. The van der Waals surface area contributed by atoms with Crippen molar-refractivity contribution >= 4 is 58.8 Å². The summed E-state index contributed by atoms with van der Waals surface area (Å²) < 4.78 is 24.2. The quantitative estimate of drug-likeness (QED) is 0.125. The molecule has 4 heterocycles. The molecule has 0 aromatic heterocycles. The van der Waals surface area contributed by atoms with E-state index in [1.54, 1.807) is 54.4 Å². The molecule has 0 fully saturated rings. The van der Waals surface area contributed by atoms with E-state index in [4.69, 9.17) is 23.9 Å². The molecule has 0 spiro atoms. The van der Waals surface area contributed by atoms with Gasteiger partial charge in [-0.05, 0) is 78.1 Å². The summed E-state index contributed by atoms with van der Waals surface area (Å²) in [6.45, 7) is 2.24. The molecular formula is C46H42N6O8. The van der Waals surface area contributed by atoms with Crippen LogP contribution in [-0.4, -0.2) is 69.2 Å². The van der Waals surface area contributed by atoms with E-state index in [1.165, 1.54) is 14.2 Å². The van der Waals surface area contributed by atoms with Crippen LogP contribution in [0.4, 0.5) is 28.4 Å². The second kappa shape index (κ2) is 15.8.